The van der Waals surface area contributed by atoms with Crippen LogP contribution < -0.4 is 4.74 Å². The smallest absolute Gasteiger partial charge is 0.135 e. The van der Waals surface area contributed by atoms with Gasteiger partial charge >= 0.3 is 0 Å². The molecule has 1 aliphatic heterocycles. The number of rotatable bonds is 5. The lowest BCUT2D eigenvalue weighted by Gasteiger charge is -2.04. The molecule has 2 heteroatoms. The van der Waals surface area contributed by atoms with E-state index in [1.165, 1.54) is 11.1 Å². The van der Waals surface area contributed by atoms with Crippen LogP contribution in [0, 0.1) is 5.92 Å². The Hall–Kier alpha value is -1.31. The lowest BCUT2D eigenvalue weighted by atomic mass is 10.0. The van der Waals surface area contributed by atoms with Gasteiger partial charge in [0.1, 0.15) is 11.5 Å². The van der Waals surface area contributed by atoms with Crippen LogP contribution in [0.15, 0.2) is 18.2 Å². The van der Waals surface area contributed by atoms with E-state index in [2.05, 4.69) is 18.2 Å². The highest BCUT2D eigenvalue weighted by Gasteiger charge is 2.28. The summed E-state index contributed by atoms with van der Waals surface area (Å²) in [6.07, 6.45) is 6.08. The van der Waals surface area contributed by atoms with E-state index in [0.717, 1.165) is 50.9 Å². The van der Waals surface area contributed by atoms with Crippen LogP contribution in [0.3, 0.4) is 0 Å². The molecule has 1 aromatic rings. The fourth-order valence-electron chi connectivity index (χ4n) is 2.47. The second-order valence-corrected chi connectivity index (χ2v) is 5.13. The molecule has 0 radical (unpaired) electrons. The largest absolute Gasteiger partial charge is 0.493 e. The molecular weight excluding hydrogens is 212 g/mol. The van der Waals surface area contributed by atoms with Crippen molar-refractivity contribution in [1.82, 2.24) is 0 Å². The van der Waals surface area contributed by atoms with Gasteiger partial charge in [0, 0.05) is 18.8 Å². The number of fused-ring (bicyclic) bond motifs is 1. The number of carbonyl (C=O) groups excluding carboxylic acids is 1. The summed E-state index contributed by atoms with van der Waals surface area (Å²) in [5.74, 6) is 1.95. The molecule has 3 rings (SSSR count). The second-order valence-electron chi connectivity index (χ2n) is 5.13. The van der Waals surface area contributed by atoms with Gasteiger partial charge in [0.25, 0.3) is 0 Å². The molecule has 2 nitrogen and oxygen atoms in total. The summed E-state index contributed by atoms with van der Waals surface area (Å²) in [6.45, 7) is 0.818. The number of ether oxygens (including phenoxy) is 1. The average molecular weight is 230 g/mol. The normalized spacial score (nSPS) is 17.6. The first kappa shape index (κ1) is 10.8. The number of hydrogen-bond donors (Lipinski definition) is 0. The lowest BCUT2D eigenvalue weighted by molar-refractivity contribution is -0.120. The van der Waals surface area contributed by atoms with Gasteiger partial charge < -0.3 is 4.74 Å². The molecule has 1 aromatic carbocycles. The highest BCUT2D eigenvalue weighted by atomic mass is 16.5. The van der Waals surface area contributed by atoms with Gasteiger partial charge in [0.15, 0.2) is 0 Å². The number of hydrogen-bond acceptors (Lipinski definition) is 2. The van der Waals surface area contributed by atoms with Gasteiger partial charge in [-0.25, -0.2) is 0 Å². The molecule has 0 bridgehead atoms. The van der Waals surface area contributed by atoms with Crippen molar-refractivity contribution in [3.63, 3.8) is 0 Å². The van der Waals surface area contributed by atoms with Crippen molar-refractivity contribution in [2.75, 3.05) is 6.61 Å². The standard InChI is InChI=1S/C15H18O2/c16-14(12-5-6-12)3-1-2-11-4-7-15-13(10-11)8-9-17-15/h4,7,10,12H,1-3,5-6,8-9H2. The van der Waals surface area contributed by atoms with Crippen LogP contribution in [0.2, 0.25) is 0 Å². The van der Waals surface area contributed by atoms with Crippen molar-refractivity contribution < 1.29 is 9.53 Å². The topological polar surface area (TPSA) is 26.3 Å². The Balaban J connectivity index is 1.52. The summed E-state index contributed by atoms with van der Waals surface area (Å²) >= 11 is 0. The molecule has 1 heterocycles. The van der Waals surface area contributed by atoms with E-state index in [0.29, 0.717) is 11.7 Å². The maximum atomic E-state index is 11.6. The summed E-state index contributed by atoms with van der Waals surface area (Å²) in [6, 6.07) is 6.44. The van der Waals surface area contributed by atoms with Crippen LogP contribution in [-0.4, -0.2) is 12.4 Å². The molecule has 0 spiro atoms. The van der Waals surface area contributed by atoms with Gasteiger partial charge in [-0.05, 0) is 42.9 Å². The van der Waals surface area contributed by atoms with Gasteiger partial charge in [-0.3, -0.25) is 4.79 Å². The van der Waals surface area contributed by atoms with Gasteiger partial charge in [0.05, 0.1) is 6.61 Å². The van der Waals surface area contributed by atoms with Crippen molar-refractivity contribution in [2.45, 2.75) is 38.5 Å². The zero-order chi connectivity index (χ0) is 11.7. The van der Waals surface area contributed by atoms with Crippen molar-refractivity contribution >= 4 is 5.78 Å². The molecule has 2 aliphatic rings. The van der Waals surface area contributed by atoms with Crippen LogP contribution in [0.1, 0.15) is 36.8 Å². The third-order valence-electron chi connectivity index (χ3n) is 3.68. The highest BCUT2D eigenvalue weighted by Crippen LogP contribution is 2.31. The maximum absolute atomic E-state index is 11.6. The minimum atomic E-state index is 0.420. The van der Waals surface area contributed by atoms with Crippen LogP contribution >= 0.6 is 0 Å². The number of carbonyl (C=O) groups is 1. The molecule has 0 aromatic heterocycles. The Morgan fingerprint density at radius 2 is 2.24 bits per heavy atom. The van der Waals surface area contributed by atoms with Gasteiger partial charge in [-0.15, -0.1) is 0 Å². The van der Waals surface area contributed by atoms with E-state index in [1.54, 1.807) is 0 Å². The molecule has 90 valence electrons. The number of Topliss-reactive ketones (excluding diaryl/α,β-unsaturated/α-hetero) is 1. The minimum Gasteiger partial charge on any atom is -0.493 e. The minimum absolute atomic E-state index is 0.420. The molecule has 0 amide bonds. The molecule has 17 heavy (non-hydrogen) atoms. The Labute approximate surface area is 102 Å². The molecule has 1 saturated carbocycles. The quantitative estimate of drug-likeness (QED) is 0.777. The zero-order valence-electron chi connectivity index (χ0n) is 10.1. The molecule has 0 saturated heterocycles. The molecule has 0 N–H and O–H groups in total. The Morgan fingerprint density at radius 1 is 1.35 bits per heavy atom. The number of benzene rings is 1. The summed E-state index contributed by atoms with van der Waals surface area (Å²) in [7, 11) is 0. The SMILES string of the molecule is O=C(CCCc1ccc2c(c1)CCO2)C1CC1. The predicted octanol–water partition coefficient (Wildman–Crippen LogP) is 2.92. The van der Waals surface area contributed by atoms with Gasteiger partial charge in [0.2, 0.25) is 0 Å². The Kier molecular flexibility index (Phi) is 2.87. The summed E-state index contributed by atoms with van der Waals surface area (Å²) in [5.41, 5.74) is 2.67. The van der Waals surface area contributed by atoms with E-state index >= 15 is 0 Å². The van der Waals surface area contributed by atoms with Crippen molar-refractivity contribution in [3.05, 3.63) is 29.3 Å². The molecular formula is C15H18O2. The summed E-state index contributed by atoms with van der Waals surface area (Å²) in [4.78, 5) is 11.6. The predicted molar refractivity (Wildman–Crippen MR) is 66.3 cm³/mol. The molecule has 0 atom stereocenters. The van der Waals surface area contributed by atoms with E-state index in [1.807, 2.05) is 0 Å². The first-order valence-electron chi connectivity index (χ1n) is 6.60. The summed E-state index contributed by atoms with van der Waals surface area (Å²) in [5, 5.41) is 0. The molecule has 1 aliphatic carbocycles. The van der Waals surface area contributed by atoms with Crippen LogP contribution in [0.5, 0.6) is 5.75 Å². The van der Waals surface area contributed by atoms with E-state index in [9.17, 15) is 4.79 Å². The monoisotopic (exact) mass is 230 g/mol. The molecule has 1 fully saturated rings. The highest BCUT2D eigenvalue weighted by molar-refractivity contribution is 5.83. The fourth-order valence-corrected chi connectivity index (χ4v) is 2.47. The number of aryl methyl sites for hydroxylation is 1. The van der Waals surface area contributed by atoms with Crippen molar-refractivity contribution in [2.24, 2.45) is 5.92 Å². The Morgan fingerprint density at radius 3 is 3.06 bits per heavy atom. The van der Waals surface area contributed by atoms with Crippen molar-refractivity contribution in [1.29, 1.82) is 0 Å². The lowest BCUT2D eigenvalue weighted by Crippen LogP contribution is -2.00. The molecule has 0 unspecified atom stereocenters. The van der Waals surface area contributed by atoms with E-state index < -0.39 is 0 Å². The second kappa shape index (κ2) is 4.52. The number of ketones is 1. The zero-order valence-corrected chi connectivity index (χ0v) is 10.1. The first-order valence-corrected chi connectivity index (χ1v) is 6.60. The van der Waals surface area contributed by atoms with Crippen LogP contribution in [0.4, 0.5) is 0 Å². The first-order chi connectivity index (χ1) is 8.33. The Bertz CT molecular complexity index is 433. The van der Waals surface area contributed by atoms with Crippen LogP contribution in [-0.2, 0) is 17.6 Å². The van der Waals surface area contributed by atoms with Gasteiger partial charge in [-0.1, -0.05) is 12.1 Å². The third-order valence-corrected chi connectivity index (χ3v) is 3.68. The van der Waals surface area contributed by atoms with Crippen molar-refractivity contribution in [3.8, 4) is 5.75 Å². The van der Waals surface area contributed by atoms with E-state index in [4.69, 9.17) is 4.74 Å². The summed E-state index contributed by atoms with van der Waals surface area (Å²) < 4.78 is 5.48. The average Bonchev–Trinajstić information content (AvgIpc) is 3.08. The van der Waals surface area contributed by atoms with E-state index in [-0.39, 0.29) is 0 Å². The van der Waals surface area contributed by atoms with Gasteiger partial charge in [-0.2, -0.15) is 0 Å². The maximum Gasteiger partial charge on any atom is 0.135 e. The third kappa shape index (κ3) is 2.51. The fraction of sp³-hybridized carbons (Fsp3) is 0.533. The van der Waals surface area contributed by atoms with Crippen LogP contribution in [0.25, 0.3) is 0 Å².